The van der Waals surface area contributed by atoms with Crippen molar-refractivity contribution >= 4 is 5.78 Å². The maximum atomic E-state index is 12.7. The van der Waals surface area contributed by atoms with Gasteiger partial charge in [0.25, 0.3) is 0 Å². The highest BCUT2D eigenvalue weighted by atomic mass is 19.4. The van der Waals surface area contributed by atoms with Crippen molar-refractivity contribution in [1.82, 2.24) is 0 Å². The van der Waals surface area contributed by atoms with Crippen LogP contribution in [0.15, 0.2) is 48.5 Å². The molecule has 126 valence electrons. The van der Waals surface area contributed by atoms with Gasteiger partial charge in [-0.1, -0.05) is 48.5 Å². The average Bonchev–Trinajstić information content (AvgIpc) is 3.08. The van der Waals surface area contributed by atoms with E-state index in [-0.39, 0.29) is 11.1 Å². The second-order valence-corrected chi connectivity index (χ2v) is 5.47. The lowest BCUT2D eigenvalue weighted by Gasteiger charge is -2.12. The predicted molar refractivity (Wildman–Crippen MR) is 80.7 cm³/mol. The molecule has 0 amide bonds. The highest BCUT2D eigenvalue weighted by Gasteiger charge is 2.30. The Bertz CT molecular complexity index is 717. The maximum absolute atomic E-state index is 12.7. The first-order valence-corrected chi connectivity index (χ1v) is 7.46. The number of rotatable bonds is 4. The largest absolute Gasteiger partial charge is 0.393 e. The molecule has 0 saturated carbocycles. The normalized spacial score (nSPS) is 15.6. The van der Waals surface area contributed by atoms with E-state index in [1.54, 1.807) is 30.3 Å². The van der Waals surface area contributed by atoms with Gasteiger partial charge in [-0.15, -0.1) is 0 Å². The number of hydrogen-bond acceptors (Lipinski definition) is 3. The van der Waals surface area contributed by atoms with Gasteiger partial charge in [0, 0.05) is 16.7 Å². The van der Waals surface area contributed by atoms with Gasteiger partial charge in [-0.3, -0.25) is 4.79 Å². The molecule has 1 heterocycles. The van der Waals surface area contributed by atoms with Gasteiger partial charge >= 0.3 is 6.18 Å². The first kappa shape index (κ1) is 16.7. The standard InChI is InChI=1S/C18H15F3O3/c19-18(20,21)11-14-3-1-2-4-15(14)16(22)12-5-7-13(8-6-12)17-23-9-10-24-17/h1-8,17H,9-11H2. The van der Waals surface area contributed by atoms with Gasteiger partial charge in [-0.05, 0) is 5.56 Å². The molecular weight excluding hydrogens is 321 g/mol. The summed E-state index contributed by atoms with van der Waals surface area (Å²) in [4.78, 5) is 12.6. The van der Waals surface area contributed by atoms with Gasteiger partial charge < -0.3 is 9.47 Å². The smallest absolute Gasteiger partial charge is 0.346 e. The van der Waals surface area contributed by atoms with Crippen LogP contribution in [0.1, 0.15) is 33.3 Å². The maximum Gasteiger partial charge on any atom is 0.393 e. The molecule has 0 spiro atoms. The highest BCUT2D eigenvalue weighted by Crippen LogP contribution is 2.26. The Labute approximate surface area is 137 Å². The summed E-state index contributed by atoms with van der Waals surface area (Å²) in [5, 5.41) is 0. The summed E-state index contributed by atoms with van der Waals surface area (Å²) in [5.74, 6) is -0.436. The van der Waals surface area contributed by atoms with E-state index in [0.717, 1.165) is 5.56 Å². The van der Waals surface area contributed by atoms with Crippen molar-refractivity contribution in [3.8, 4) is 0 Å². The zero-order valence-electron chi connectivity index (χ0n) is 12.7. The van der Waals surface area contributed by atoms with Crippen molar-refractivity contribution in [1.29, 1.82) is 0 Å². The minimum atomic E-state index is -4.36. The Morgan fingerprint density at radius 3 is 2.25 bits per heavy atom. The fourth-order valence-corrected chi connectivity index (χ4v) is 2.61. The van der Waals surface area contributed by atoms with Crippen molar-refractivity contribution < 1.29 is 27.4 Å². The number of hydrogen-bond donors (Lipinski definition) is 0. The Morgan fingerprint density at radius 1 is 1.00 bits per heavy atom. The van der Waals surface area contributed by atoms with Crippen LogP contribution < -0.4 is 0 Å². The van der Waals surface area contributed by atoms with Crippen molar-refractivity contribution in [3.05, 3.63) is 70.8 Å². The zero-order valence-corrected chi connectivity index (χ0v) is 12.7. The second kappa shape index (κ2) is 6.75. The van der Waals surface area contributed by atoms with Gasteiger partial charge in [0.1, 0.15) is 0 Å². The second-order valence-electron chi connectivity index (χ2n) is 5.47. The van der Waals surface area contributed by atoms with E-state index in [1.165, 1.54) is 18.2 Å². The number of ketones is 1. The van der Waals surface area contributed by atoms with Crippen LogP contribution in [0.2, 0.25) is 0 Å². The molecule has 0 radical (unpaired) electrons. The van der Waals surface area contributed by atoms with Crippen LogP contribution in [0.25, 0.3) is 0 Å². The third-order valence-electron chi connectivity index (χ3n) is 3.72. The van der Waals surface area contributed by atoms with Crippen LogP contribution in [-0.4, -0.2) is 25.2 Å². The molecule has 2 aromatic rings. The SMILES string of the molecule is O=C(c1ccc(C2OCCO2)cc1)c1ccccc1CC(F)(F)F. The quantitative estimate of drug-likeness (QED) is 0.790. The topological polar surface area (TPSA) is 35.5 Å². The molecule has 0 N–H and O–H groups in total. The average molecular weight is 336 g/mol. The first-order valence-electron chi connectivity index (χ1n) is 7.46. The molecule has 1 aliphatic rings. The summed E-state index contributed by atoms with van der Waals surface area (Å²) in [6.07, 6.45) is -5.94. The number of halogens is 3. The van der Waals surface area contributed by atoms with Gasteiger partial charge in [0.15, 0.2) is 12.1 Å². The Morgan fingerprint density at radius 2 is 1.62 bits per heavy atom. The van der Waals surface area contributed by atoms with Crippen molar-refractivity contribution in [2.45, 2.75) is 18.9 Å². The molecule has 0 atom stereocenters. The number of carbonyl (C=O) groups is 1. The van der Waals surface area contributed by atoms with Gasteiger partial charge in [0.05, 0.1) is 19.6 Å². The predicted octanol–water partition coefficient (Wildman–Crippen LogP) is 4.07. The summed E-state index contributed by atoms with van der Waals surface area (Å²) in [7, 11) is 0. The fourth-order valence-electron chi connectivity index (χ4n) is 2.61. The van der Waals surface area contributed by atoms with E-state index in [2.05, 4.69) is 0 Å². The molecule has 2 aromatic carbocycles. The van der Waals surface area contributed by atoms with Gasteiger partial charge in [0.2, 0.25) is 0 Å². The molecule has 3 rings (SSSR count). The third kappa shape index (κ3) is 3.83. The Hall–Kier alpha value is -2.18. The highest BCUT2D eigenvalue weighted by molar-refractivity contribution is 6.09. The minimum absolute atomic E-state index is 0.0264. The third-order valence-corrected chi connectivity index (χ3v) is 3.72. The molecule has 1 fully saturated rings. The molecule has 24 heavy (non-hydrogen) atoms. The van der Waals surface area contributed by atoms with Crippen molar-refractivity contribution in [2.75, 3.05) is 13.2 Å². The van der Waals surface area contributed by atoms with E-state index in [9.17, 15) is 18.0 Å². The number of benzene rings is 2. The van der Waals surface area contributed by atoms with Gasteiger partial charge in [-0.2, -0.15) is 13.2 Å². The molecule has 0 aromatic heterocycles. The molecule has 1 aliphatic heterocycles. The summed E-state index contributed by atoms with van der Waals surface area (Å²) < 4.78 is 48.8. The van der Waals surface area contributed by atoms with Gasteiger partial charge in [-0.25, -0.2) is 0 Å². The van der Waals surface area contributed by atoms with E-state index >= 15 is 0 Å². The minimum Gasteiger partial charge on any atom is -0.346 e. The molecule has 0 unspecified atom stereocenters. The molecule has 0 aliphatic carbocycles. The van der Waals surface area contributed by atoms with E-state index in [1.807, 2.05) is 0 Å². The Balaban J connectivity index is 1.84. The monoisotopic (exact) mass is 336 g/mol. The van der Waals surface area contributed by atoms with E-state index in [4.69, 9.17) is 9.47 Å². The number of alkyl halides is 3. The first-order chi connectivity index (χ1) is 11.4. The summed E-state index contributed by atoms with van der Waals surface area (Å²) in [5.41, 5.74) is 1.14. The van der Waals surface area contributed by atoms with Crippen LogP contribution in [0, 0.1) is 0 Å². The number of ether oxygens (including phenoxy) is 2. The summed E-state index contributed by atoms with van der Waals surface area (Å²) >= 11 is 0. The molecule has 3 nitrogen and oxygen atoms in total. The van der Waals surface area contributed by atoms with Crippen LogP contribution in [0.4, 0.5) is 13.2 Å². The van der Waals surface area contributed by atoms with Crippen LogP contribution in [0.3, 0.4) is 0 Å². The van der Waals surface area contributed by atoms with Crippen molar-refractivity contribution in [2.24, 2.45) is 0 Å². The van der Waals surface area contributed by atoms with Crippen LogP contribution in [-0.2, 0) is 15.9 Å². The van der Waals surface area contributed by atoms with Crippen molar-refractivity contribution in [3.63, 3.8) is 0 Å². The Kier molecular flexibility index (Phi) is 4.69. The lowest BCUT2D eigenvalue weighted by atomic mass is 9.96. The fraction of sp³-hybridized carbons (Fsp3) is 0.278. The summed E-state index contributed by atoms with van der Waals surface area (Å²) in [6.45, 7) is 1.02. The molecule has 0 bridgehead atoms. The van der Waals surface area contributed by atoms with E-state index < -0.39 is 24.7 Å². The molecular formula is C18H15F3O3. The number of carbonyl (C=O) groups excluding carboxylic acids is 1. The lowest BCUT2D eigenvalue weighted by molar-refractivity contribution is -0.127. The summed E-state index contributed by atoms with van der Waals surface area (Å²) in [6, 6.07) is 12.3. The molecule has 1 saturated heterocycles. The molecule has 6 heteroatoms. The van der Waals surface area contributed by atoms with Crippen LogP contribution in [0.5, 0.6) is 0 Å². The lowest BCUT2D eigenvalue weighted by Crippen LogP contribution is -2.15. The van der Waals surface area contributed by atoms with Crippen LogP contribution >= 0.6 is 0 Å². The van der Waals surface area contributed by atoms with E-state index in [0.29, 0.717) is 18.8 Å². The zero-order chi connectivity index (χ0) is 17.2.